The number of amides is 1. The van der Waals surface area contributed by atoms with Gasteiger partial charge in [0.15, 0.2) is 0 Å². The summed E-state index contributed by atoms with van der Waals surface area (Å²) < 4.78 is 0. The van der Waals surface area contributed by atoms with Crippen LogP contribution in [0.5, 0.6) is 0 Å². The molecule has 1 aliphatic heterocycles. The third-order valence-electron chi connectivity index (χ3n) is 5.25. The molecule has 0 unspecified atom stereocenters. The molecule has 3 aromatic rings. The van der Waals surface area contributed by atoms with Gasteiger partial charge in [0.25, 0.3) is 0 Å². The van der Waals surface area contributed by atoms with Crippen molar-refractivity contribution < 1.29 is 4.79 Å². The molecular formula is C21H27N7OS. The van der Waals surface area contributed by atoms with Crippen LogP contribution in [0, 0.1) is 0 Å². The van der Waals surface area contributed by atoms with E-state index in [1.165, 1.54) is 5.01 Å². The number of hydrogen-bond acceptors (Lipinski definition) is 7. The van der Waals surface area contributed by atoms with Gasteiger partial charge in [0.05, 0.1) is 17.2 Å². The number of tetrazole rings is 1. The van der Waals surface area contributed by atoms with Gasteiger partial charge in [-0.2, -0.15) is 4.80 Å². The molecule has 0 N–H and O–H groups in total. The molecule has 1 saturated heterocycles. The zero-order chi connectivity index (χ0) is 20.8. The minimum absolute atomic E-state index is 0.208. The Morgan fingerprint density at radius 1 is 1.13 bits per heavy atom. The van der Waals surface area contributed by atoms with Gasteiger partial charge in [-0.25, -0.2) is 4.98 Å². The molecule has 3 heterocycles. The molecule has 2 aromatic heterocycles. The van der Waals surface area contributed by atoms with E-state index >= 15 is 0 Å². The predicted octanol–water partition coefficient (Wildman–Crippen LogP) is 2.48. The highest BCUT2D eigenvalue weighted by atomic mass is 32.1. The van der Waals surface area contributed by atoms with Crippen molar-refractivity contribution in [3.63, 3.8) is 0 Å². The highest BCUT2D eigenvalue weighted by Gasteiger charge is 2.21. The van der Waals surface area contributed by atoms with E-state index in [9.17, 15) is 4.79 Å². The highest BCUT2D eigenvalue weighted by Crippen LogP contribution is 2.15. The lowest BCUT2D eigenvalue weighted by Crippen LogP contribution is -2.48. The first-order valence-corrected chi connectivity index (χ1v) is 11.4. The fourth-order valence-corrected chi connectivity index (χ4v) is 4.27. The maximum absolute atomic E-state index is 12.6. The van der Waals surface area contributed by atoms with E-state index in [0.29, 0.717) is 25.2 Å². The Morgan fingerprint density at radius 2 is 1.93 bits per heavy atom. The van der Waals surface area contributed by atoms with Crippen LogP contribution in [-0.2, 0) is 24.3 Å². The van der Waals surface area contributed by atoms with Gasteiger partial charge in [0.2, 0.25) is 11.7 Å². The quantitative estimate of drug-likeness (QED) is 0.552. The van der Waals surface area contributed by atoms with Crippen LogP contribution in [0.1, 0.15) is 30.5 Å². The van der Waals surface area contributed by atoms with Crippen LogP contribution in [0.3, 0.4) is 0 Å². The molecule has 30 heavy (non-hydrogen) atoms. The molecule has 4 rings (SSSR count). The van der Waals surface area contributed by atoms with E-state index in [1.807, 2.05) is 35.2 Å². The second kappa shape index (κ2) is 9.90. The van der Waals surface area contributed by atoms with Crippen LogP contribution in [0.4, 0.5) is 0 Å². The fourth-order valence-electron chi connectivity index (χ4n) is 3.54. The second-order valence-corrected chi connectivity index (χ2v) is 8.36. The molecule has 0 radical (unpaired) electrons. The third kappa shape index (κ3) is 5.28. The Kier molecular flexibility index (Phi) is 6.81. The number of rotatable bonds is 8. The van der Waals surface area contributed by atoms with Crippen LogP contribution < -0.4 is 0 Å². The van der Waals surface area contributed by atoms with Gasteiger partial charge in [-0.05, 0) is 18.1 Å². The number of carbonyl (C=O) groups is 1. The number of carbonyl (C=O) groups excluding carboxylic acids is 1. The zero-order valence-corrected chi connectivity index (χ0v) is 18.1. The molecule has 0 aliphatic carbocycles. The number of aromatic nitrogens is 5. The SMILES string of the molecule is CCc1nc(CN2CCN(C(=O)CCCn3nnc(-c4ccccc4)n3)CC2)cs1. The first kappa shape index (κ1) is 20.6. The normalized spacial score (nSPS) is 14.9. The van der Waals surface area contributed by atoms with E-state index in [2.05, 4.69) is 37.6 Å². The minimum Gasteiger partial charge on any atom is -0.340 e. The monoisotopic (exact) mass is 425 g/mol. The van der Waals surface area contributed by atoms with Crippen molar-refractivity contribution in [2.75, 3.05) is 26.2 Å². The average Bonchev–Trinajstić information content (AvgIpc) is 3.44. The molecule has 0 atom stereocenters. The first-order valence-electron chi connectivity index (χ1n) is 10.5. The van der Waals surface area contributed by atoms with Gasteiger partial charge in [0.1, 0.15) is 0 Å². The number of nitrogens with zero attached hydrogens (tertiary/aromatic N) is 7. The van der Waals surface area contributed by atoms with Crippen molar-refractivity contribution in [1.29, 1.82) is 0 Å². The van der Waals surface area contributed by atoms with Gasteiger partial charge >= 0.3 is 0 Å². The predicted molar refractivity (Wildman–Crippen MR) is 116 cm³/mol. The van der Waals surface area contributed by atoms with Gasteiger partial charge in [-0.1, -0.05) is 37.3 Å². The summed E-state index contributed by atoms with van der Waals surface area (Å²) in [7, 11) is 0. The summed E-state index contributed by atoms with van der Waals surface area (Å²) in [6.07, 6.45) is 2.21. The molecule has 1 amide bonds. The number of hydrogen-bond donors (Lipinski definition) is 0. The molecule has 1 aromatic carbocycles. The molecule has 9 heteroatoms. The number of aryl methyl sites for hydroxylation is 2. The van der Waals surface area contributed by atoms with Crippen LogP contribution in [0.2, 0.25) is 0 Å². The molecular weight excluding hydrogens is 398 g/mol. The Balaban J connectivity index is 1.18. The molecule has 0 saturated carbocycles. The van der Waals surface area contributed by atoms with Gasteiger partial charge in [0, 0.05) is 50.1 Å². The third-order valence-corrected chi connectivity index (χ3v) is 6.29. The summed E-state index contributed by atoms with van der Waals surface area (Å²) in [5, 5.41) is 15.9. The number of thiazole rings is 1. The molecule has 0 spiro atoms. The van der Waals surface area contributed by atoms with Crippen molar-refractivity contribution in [2.24, 2.45) is 0 Å². The average molecular weight is 426 g/mol. The standard InChI is InChI=1S/C21H27N7OS/c1-2-19-22-18(16-30-19)15-26-11-13-27(14-12-26)20(29)9-6-10-28-24-21(23-25-28)17-7-4-3-5-8-17/h3-5,7-8,16H,2,6,9-15H2,1H3. The van der Waals surface area contributed by atoms with Gasteiger partial charge < -0.3 is 4.90 Å². The Hall–Kier alpha value is -2.65. The second-order valence-electron chi connectivity index (χ2n) is 7.42. The smallest absolute Gasteiger partial charge is 0.222 e. The Bertz CT molecular complexity index is 947. The molecule has 1 fully saturated rings. The minimum atomic E-state index is 0.208. The molecule has 8 nitrogen and oxygen atoms in total. The van der Waals surface area contributed by atoms with E-state index in [4.69, 9.17) is 0 Å². The number of benzene rings is 1. The van der Waals surface area contributed by atoms with Gasteiger partial charge in [-0.15, -0.1) is 21.5 Å². The van der Waals surface area contributed by atoms with Crippen molar-refractivity contribution in [3.8, 4) is 11.4 Å². The van der Waals surface area contributed by atoms with E-state index in [-0.39, 0.29) is 5.91 Å². The molecule has 158 valence electrons. The highest BCUT2D eigenvalue weighted by molar-refractivity contribution is 7.09. The fraction of sp³-hybridized carbons (Fsp3) is 0.476. The summed E-state index contributed by atoms with van der Waals surface area (Å²) >= 11 is 1.73. The van der Waals surface area contributed by atoms with E-state index in [0.717, 1.165) is 50.4 Å². The lowest BCUT2D eigenvalue weighted by Gasteiger charge is -2.34. The first-order chi connectivity index (χ1) is 14.7. The summed E-state index contributed by atoms with van der Waals surface area (Å²) in [5.74, 6) is 0.823. The molecule has 0 bridgehead atoms. The summed E-state index contributed by atoms with van der Waals surface area (Å²) in [6, 6.07) is 9.78. The molecule has 1 aliphatic rings. The van der Waals surface area contributed by atoms with Crippen molar-refractivity contribution >= 4 is 17.2 Å². The number of piperazine rings is 1. The van der Waals surface area contributed by atoms with Crippen LogP contribution in [0.25, 0.3) is 11.4 Å². The lowest BCUT2D eigenvalue weighted by molar-refractivity contribution is -0.133. The van der Waals surface area contributed by atoms with Crippen LogP contribution in [0.15, 0.2) is 35.7 Å². The van der Waals surface area contributed by atoms with Gasteiger partial charge in [-0.3, -0.25) is 9.69 Å². The largest absolute Gasteiger partial charge is 0.340 e. The van der Waals surface area contributed by atoms with E-state index < -0.39 is 0 Å². The van der Waals surface area contributed by atoms with Crippen molar-refractivity contribution in [1.82, 2.24) is 35.0 Å². The summed E-state index contributed by atoms with van der Waals surface area (Å²) in [4.78, 5) is 23.1. The van der Waals surface area contributed by atoms with Crippen molar-refractivity contribution in [2.45, 2.75) is 39.3 Å². The van der Waals surface area contributed by atoms with E-state index in [1.54, 1.807) is 16.1 Å². The maximum atomic E-state index is 12.6. The Labute approximate surface area is 180 Å². The summed E-state index contributed by atoms with van der Waals surface area (Å²) in [5.41, 5.74) is 2.09. The van der Waals surface area contributed by atoms with Crippen LogP contribution in [-0.4, -0.2) is 67.1 Å². The zero-order valence-electron chi connectivity index (χ0n) is 17.3. The lowest BCUT2D eigenvalue weighted by atomic mass is 10.2. The Morgan fingerprint density at radius 3 is 2.67 bits per heavy atom. The topological polar surface area (TPSA) is 80.0 Å². The van der Waals surface area contributed by atoms with Crippen LogP contribution >= 0.6 is 11.3 Å². The summed E-state index contributed by atoms with van der Waals surface area (Å²) in [6.45, 7) is 6.96. The maximum Gasteiger partial charge on any atom is 0.222 e. The van der Waals surface area contributed by atoms with Crippen molar-refractivity contribution in [3.05, 3.63) is 46.4 Å².